The number of carbonyl (C=O) groups is 1. The summed E-state index contributed by atoms with van der Waals surface area (Å²) in [5.74, 6) is -0.254. The van der Waals surface area contributed by atoms with Gasteiger partial charge in [-0.25, -0.2) is 4.98 Å². The van der Waals surface area contributed by atoms with Crippen LogP contribution in [0, 0.1) is 0 Å². The van der Waals surface area contributed by atoms with Gasteiger partial charge >= 0.3 is 0 Å². The van der Waals surface area contributed by atoms with E-state index >= 15 is 0 Å². The summed E-state index contributed by atoms with van der Waals surface area (Å²) in [7, 11) is 0. The molecule has 1 aromatic carbocycles. The average molecular weight is 301 g/mol. The Kier molecular flexibility index (Phi) is 4.03. The molecule has 2 heterocycles. The Labute approximate surface area is 128 Å². The molecule has 1 aliphatic rings. The van der Waals surface area contributed by atoms with Crippen LogP contribution in [0.25, 0.3) is 0 Å². The molecule has 4 nitrogen and oxygen atoms in total. The van der Waals surface area contributed by atoms with Crippen LogP contribution in [0.3, 0.4) is 0 Å². The van der Waals surface area contributed by atoms with Gasteiger partial charge in [0.05, 0.1) is 16.7 Å². The molecule has 1 aliphatic heterocycles. The van der Waals surface area contributed by atoms with Crippen molar-refractivity contribution < 1.29 is 4.79 Å². The van der Waals surface area contributed by atoms with Crippen LogP contribution in [0.1, 0.15) is 28.8 Å². The number of aryl methyl sites for hydroxylation is 1. The van der Waals surface area contributed by atoms with Crippen LogP contribution < -0.4 is 5.73 Å². The van der Waals surface area contributed by atoms with Gasteiger partial charge in [-0.05, 0) is 24.0 Å². The van der Waals surface area contributed by atoms with E-state index in [2.05, 4.69) is 34.3 Å². The molecule has 0 fully saturated rings. The molecule has 0 spiro atoms. The number of hydrogen-bond acceptors (Lipinski definition) is 4. The van der Waals surface area contributed by atoms with Gasteiger partial charge in [-0.2, -0.15) is 0 Å². The summed E-state index contributed by atoms with van der Waals surface area (Å²) < 4.78 is 0. The summed E-state index contributed by atoms with van der Waals surface area (Å²) in [5.41, 5.74) is 9.14. The Balaban J connectivity index is 1.83. The molecule has 0 radical (unpaired) electrons. The van der Waals surface area contributed by atoms with Crippen molar-refractivity contribution in [1.29, 1.82) is 0 Å². The number of thiazole rings is 1. The number of carbonyl (C=O) groups excluding carboxylic acids is 1. The highest BCUT2D eigenvalue weighted by Gasteiger charge is 2.30. The van der Waals surface area contributed by atoms with Crippen LogP contribution in [-0.4, -0.2) is 21.8 Å². The molecular formula is C16H19N3OS. The molecule has 21 heavy (non-hydrogen) atoms. The Hall–Kier alpha value is -1.72. The van der Waals surface area contributed by atoms with E-state index in [1.807, 2.05) is 12.1 Å². The van der Waals surface area contributed by atoms with Crippen LogP contribution in [-0.2, 0) is 30.7 Å². The second-order valence-electron chi connectivity index (χ2n) is 5.38. The number of benzene rings is 1. The molecule has 5 heteroatoms. The van der Waals surface area contributed by atoms with Gasteiger partial charge in [0.15, 0.2) is 0 Å². The smallest absolute Gasteiger partial charge is 0.235 e. The maximum absolute atomic E-state index is 11.8. The number of fused-ring (bicyclic) bond motifs is 1. The number of amides is 1. The molecule has 0 bridgehead atoms. The summed E-state index contributed by atoms with van der Waals surface area (Å²) in [4.78, 5) is 18.5. The maximum Gasteiger partial charge on any atom is 0.235 e. The molecule has 2 N–H and O–H groups in total. The lowest BCUT2D eigenvalue weighted by Crippen LogP contribution is -2.48. The van der Waals surface area contributed by atoms with Crippen molar-refractivity contribution in [3.63, 3.8) is 0 Å². The van der Waals surface area contributed by atoms with E-state index in [0.717, 1.165) is 23.7 Å². The second kappa shape index (κ2) is 5.95. The third-order valence-electron chi connectivity index (χ3n) is 3.94. The molecule has 2 aromatic rings. The number of rotatable bonds is 4. The van der Waals surface area contributed by atoms with Gasteiger partial charge in [0.25, 0.3) is 0 Å². The zero-order valence-electron chi connectivity index (χ0n) is 12.1. The van der Waals surface area contributed by atoms with E-state index in [0.29, 0.717) is 13.0 Å². The highest BCUT2D eigenvalue weighted by atomic mass is 32.1. The number of hydrogen-bond donors (Lipinski definition) is 1. The topological polar surface area (TPSA) is 59.2 Å². The fourth-order valence-corrected chi connectivity index (χ4v) is 3.55. The summed E-state index contributed by atoms with van der Waals surface area (Å²) in [5, 5.41) is 3.22. The first-order valence-electron chi connectivity index (χ1n) is 7.20. The first kappa shape index (κ1) is 14.2. The molecule has 110 valence electrons. The van der Waals surface area contributed by atoms with Crippen molar-refractivity contribution in [1.82, 2.24) is 9.88 Å². The van der Waals surface area contributed by atoms with E-state index in [-0.39, 0.29) is 11.9 Å². The SMILES string of the molecule is CCc1nc(CN2Cc3ccccc3C[C@@H]2C(N)=O)cs1. The molecule has 0 unspecified atom stereocenters. The predicted octanol–water partition coefficient (Wildman–Crippen LogP) is 2.12. The number of primary amides is 1. The molecule has 0 saturated heterocycles. The van der Waals surface area contributed by atoms with E-state index in [9.17, 15) is 4.79 Å². The van der Waals surface area contributed by atoms with Crippen LogP contribution >= 0.6 is 11.3 Å². The number of nitrogens with zero attached hydrogens (tertiary/aromatic N) is 2. The van der Waals surface area contributed by atoms with E-state index in [1.165, 1.54) is 11.1 Å². The van der Waals surface area contributed by atoms with Crippen molar-refractivity contribution in [3.8, 4) is 0 Å². The van der Waals surface area contributed by atoms with Gasteiger partial charge in [0.2, 0.25) is 5.91 Å². The average Bonchev–Trinajstić information content (AvgIpc) is 2.94. The lowest BCUT2D eigenvalue weighted by atomic mass is 9.93. The first-order chi connectivity index (χ1) is 10.2. The lowest BCUT2D eigenvalue weighted by Gasteiger charge is -2.34. The van der Waals surface area contributed by atoms with Gasteiger partial charge in [-0.3, -0.25) is 9.69 Å². The minimum Gasteiger partial charge on any atom is -0.368 e. The fourth-order valence-electron chi connectivity index (χ4n) is 2.82. The molecule has 1 amide bonds. The Bertz CT molecular complexity index is 652. The van der Waals surface area contributed by atoms with Gasteiger partial charge in [0.1, 0.15) is 0 Å². The van der Waals surface area contributed by atoms with Crippen LogP contribution in [0.2, 0.25) is 0 Å². The van der Waals surface area contributed by atoms with Crippen LogP contribution in [0.5, 0.6) is 0 Å². The molecule has 1 aromatic heterocycles. The van der Waals surface area contributed by atoms with Gasteiger partial charge in [-0.1, -0.05) is 31.2 Å². The number of nitrogens with two attached hydrogens (primary N) is 1. The minimum atomic E-state index is -0.254. The van der Waals surface area contributed by atoms with E-state index in [1.54, 1.807) is 11.3 Å². The summed E-state index contributed by atoms with van der Waals surface area (Å²) in [6, 6.07) is 8.02. The molecular weight excluding hydrogens is 282 g/mol. The van der Waals surface area contributed by atoms with Crippen LogP contribution in [0.15, 0.2) is 29.6 Å². The molecule has 1 atom stereocenters. The zero-order valence-corrected chi connectivity index (χ0v) is 12.9. The van der Waals surface area contributed by atoms with Gasteiger partial charge < -0.3 is 5.73 Å². The van der Waals surface area contributed by atoms with Crippen molar-refractivity contribution in [2.45, 2.75) is 38.9 Å². The minimum absolute atomic E-state index is 0.244. The van der Waals surface area contributed by atoms with Crippen molar-refractivity contribution >= 4 is 17.2 Å². The maximum atomic E-state index is 11.8. The molecule has 3 rings (SSSR count). The largest absolute Gasteiger partial charge is 0.368 e. The van der Waals surface area contributed by atoms with Gasteiger partial charge in [-0.15, -0.1) is 11.3 Å². The quantitative estimate of drug-likeness (QED) is 0.941. The van der Waals surface area contributed by atoms with E-state index in [4.69, 9.17) is 5.73 Å². The van der Waals surface area contributed by atoms with Gasteiger partial charge in [0, 0.05) is 18.5 Å². The third-order valence-corrected chi connectivity index (χ3v) is 4.98. The first-order valence-corrected chi connectivity index (χ1v) is 8.08. The monoisotopic (exact) mass is 301 g/mol. The standard InChI is InChI=1S/C16H19N3OS/c1-2-15-18-13(10-21-15)9-19-8-12-6-4-3-5-11(12)7-14(19)16(17)20/h3-6,10,14H,2,7-9H2,1H3,(H2,17,20)/t14-/m1/s1. The third kappa shape index (κ3) is 2.99. The molecule has 0 saturated carbocycles. The Morgan fingerprint density at radius 3 is 2.86 bits per heavy atom. The predicted molar refractivity (Wildman–Crippen MR) is 83.9 cm³/mol. The van der Waals surface area contributed by atoms with E-state index < -0.39 is 0 Å². The fraction of sp³-hybridized carbons (Fsp3) is 0.375. The Morgan fingerprint density at radius 2 is 2.19 bits per heavy atom. The summed E-state index contributed by atoms with van der Waals surface area (Å²) in [6.45, 7) is 3.53. The zero-order chi connectivity index (χ0) is 14.8. The highest BCUT2D eigenvalue weighted by Crippen LogP contribution is 2.25. The molecule has 0 aliphatic carbocycles. The highest BCUT2D eigenvalue weighted by molar-refractivity contribution is 7.09. The van der Waals surface area contributed by atoms with Crippen LogP contribution in [0.4, 0.5) is 0 Å². The second-order valence-corrected chi connectivity index (χ2v) is 6.32. The van der Waals surface area contributed by atoms with Crippen molar-refractivity contribution in [2.24, 2.45) is 5.73 Å². The normalized spacial score (nSPS) is 18.4. The lowest BCUT2D eigenvalue weighted by molar-refractivity contribution is -0.124. The van der Waals surface area contributed by atoms with Crippen molar-refractivity contribution in [2.75, 3.05) is 0 Å². The van der Waals surface area contributed by atoms with Crippen molar-refractivity contribution in [3.05, 3.63) is 51.5 Å². The Morgan fingerprint density at radius 1 is 1.43 bits per heavy atom. The summed E-state index contributed by atoms with van der Waals surface area (Å²) >= 11 is 1.68. The number of aromatic nitrogens is 1. The summed E-state index contributed by atoms with van der Waals surface area (Å²) in [6.07, 6.45) is 1.64.